The van der Waals surface area contributed by atoms with E-state index in [4.69, 9.17) is 11.1 Å². The summed E-state index contributed by atoms with van der Waals surface area (Å²) in [5.74, 6) is 0.160. The zero-order chi connectivity index (χ0) is 10.8. The highest BCUT2D eigenvalue weighted by Crippen LogP contribution is 2.49. The van der Waals surface area contributed by atoms with E-state index in [9.17, 15) is 8.78 Å². The average Bonchev–Trinajstić information content (AvgIpc) is 2.63. The summed E-state index contributed by atoms with van der Waals surface area (Å²) in [5.41, 5.74) is 5.34. The van der Waals surface area contributed by atoms with Crippen molar-refractivity contribution in [3.05, 3.63) is 0 Å². The predicted octanol–water partition coefficient (Wildman–Crippen LogP) is 1.29. The Bertz CT molecular complexity index is 214. The van der Waals surface area contributed by atoms with Crippen LogP contribution in [0, 0.1) is 10.8 Å². The van der Waals surface area contributed by atoms with Gasteiger partial charge in [0, 0.05) is 13.0 Å². The fourth-order valence-electron chi connectivity index (χ4n) is 1.84. The molecule has 0 atom stereocenters. The molecule has 0 aromatic carbocycles. The third-order valence-electron chi connectivity index (χ3n) is 2.58. The summed E-state index contributed by atoms with van der Waals surface area (Å²) in [6.45, 7) is 0.427. The molecular formula is C9H17F2N3. The Morgan fingerprint density at radius 1 is 1.57 bits per heavy atom. The molecule has 0 aromatic heterocycles. The van der Waals surface area contributed by atoms with Gasteiger partial charge in [-0.15, -0.1) is 0 Å². The molecule has 0 aromatic rings. The van der Waals surface area contributed by atoms with Crippen molar-refractivity contribution in [1.29, 1.82) is 5.41 Å². The summed E-state index contributed by atoms with van der Waals surface area (Å²) in [5, 5.41) is 7.19. The summed E-state index contributed by atoms with van der Waals surface area (Å²) in [4.78, 5) is 1.63. The third-order valence-corrected chi connectivity index (χ3v) is 2.58. The molecule has 0 amide bonds. The topological polar surface area (TPSA) is 53.1 Å². The van der Waals surface area contributed by atoms with Gasteiger partial charge in [0.25, 0.3) is 6.43 Å². The van der Waals surface area contributed by atoms with Crippen LogP contribution in [0.4, 0.5) is 8.78 Å². The number of nitrogens with zero attached hydrogens (tertiary/aromatic N) is 1. The van der Waals surface area contributed by atoms with Gasteiger partial charge in [0.2, 0.25) is 0 Å². The zero-order valence-electron chi connectivity index (χ0n) is 8.39. The van der Waals surface area contributed by atoms with Crippen molar-refractivity contribution in [1.82, 2.24) is 4.90 Å². The van der Waals surface area contributed by atoms with Gasteiger partial charge in [-0.2, -0.15) is 0 Å². The summed E-state index contributed by atoms with van der Waals surface area (Å²) in [7, 11) is 1.69. The molecule has 0 spiro atoms. The lowest BCUT2D eigenvalue weighted by molar-refractivity contribution is 0.0915. The first-order chi connectivity index (χ1) is 6.43. The quantitative estimate of drug-likeness (QED) is 0.507. The molecule has 0 bridgehead atoms. The minimum Gasteiger partial charge on any atom is -0.388 e. The second kappa shape index (κ2) is 4.21. The molecule has 0 radical (unpaired) electrons. The van der Waals surface area contributed by atoms with Crippen LogP contribution in [-0.2, 0) is 0 Å². The molecule has 0 heterocycles. The predicted molar refractivity (Wildman–Crippen MR) is 51.7 cm³/mol. The molecule has 0 saturated heterocycles. The molecule has 82 valence electrons. The summed E-state index contributed by atoms with van der Waals surface area (Å²) in [6, 6.07) is 0. The van der Waals surface area contributed by atoms with Crippen LogP contribution in [-0.4, -0.2) is 37.3 Å². The first-order valence-electron chi connectivity index (χ1n) is 4.73. The number of halogens is 2. The summed E-state index contributed by atoms with van der Waals surface area (Å²) < 4.78 is 24.1. The van der Waals surface area contributed by atoms with E-state index in [1.807, 2.05) is 0 Å². The highest BCUT2D eigenvalue weighted by atomic mass is 19.3. The van der Waals surface area contributed by atoms with Gasteiger partial charge < -0.3 is 10.6 Å². The van der Waals surface area contributed by atoms with E-state index in [0.29, 0.717) is 13.0 Å². The molecule has 1 rings (SSSR count). The molecule has 1 fully saturated rings. The summed E-state index contributed by atoms with van der Waals surface area (Å²) >= 11 is 0. The average molecular weight is 205 g/mol. The van der Waals surface area contributed by atoms with E-state index >= 15 is 0 Å². The fourth-order valence-corrected chi connectivity index (χ4v) is 1.84. The first-order valence-corrected chi connectivity index (χ1v) is 4.73. The van der Waals surface area contributed by atoms with Gasteiger partial charge in [0.1, 0.15) is 0 Å². The van der Waals surface area contributed by atoms with Crippen molar-refractivity contribution in [2.24, 2.45) is 11.1 Å². The normalized spacial score (nSPS) is 18.9. The smallest absolute Gasteiger partial charge is 0.251 e. The molecule has 1 saturated carbocycles. The number of hydrogen-bond acceptors (Lipinski definition) is 2. The molecule has 14 heavy (non-hydrogen) atoms. The molecule has 3 nitrogen and oxygen atoms in total. The van der Waals surface area contributed by atoms with E-state index in [0.717, 1.165) is 12.8 Å². The second-order valence-electron chi connectivity index (χ2n) is 4.29. The van der Waals surface area contributed by atoms with Crippen LogP contribution in [0.3, 0.4) is 0 Å². The zero-order valence-corrected chi connectivity index (χ0v) is 8.39. The number of rotatable bonds is 6. The fraction of sp³-hybridized carbons (Fsp3) is 0.889. The van der Waals surface area contributed by atoms with Gasteiger partial charge in [-0.05, 0) is 25.3 Å². The van der Waals surface area contributed by atoms with Crippen molar-refractivity contribution >= 4 is 5.84 Å². The Kier molecular flexibility index (Phi) is 3.42. The highest BCUT2D eigenvalue weighted by Gasteiger charge is 2.43. The Morgan fingerprint density at radius 3 is 2.50 bits per heavy atom. The van der Waals surface area contributed by atoms with Crippen molar-refractivity contribution < 1.29 is 8.78 Å². The molecular weight excluding hydrogens is 188 g/mol. The number of hydrogen-bond donors (Lipinski definition) is 2. The maximum Gasteiger partial charge on any atom is 0.251 e. The van der Waals surface area contributed by atoms with E-state index < -0.39 is 6.43 Å². The van der Waals surface area contributed by atoms with E-state index in [-0.39, 0.29) is 17.8 Å². The van der Waals surface area contributed by atoms with Crippen molar-refractivity contribution in [3.8, 4) is 0 Å². The maximum atomic E-state index is 12.0. The largest absolute Gasteiger partial charge is 0.388 e. The van der Waals surface area contributed by atoms with Crippen molar-refractivity contribution in [2.75, 3.05) is 20.1 Å². The lowest BCUT2D eigenvalue weighted by Crippen LogP contribution is -2.32. The van der Waals surface area contributed by atoms with Crippen LogP contribution in [0.1, 0.15) is 19.3 Å². The van der Waals surface area contributed by atoms with Crippen LogP contribution < -0.4 is 5.73 Å². The second-order valence-corrected chi connectivity index (χ2v) is 4.29. The van der Waals surface area contributed by atoms with Gasteiger partial charge in [-0.25, -0.2) is 8.78 Å². The Balaban J connectivity index is 2.32. The molecule has 3 N–H and O–H groups in total. The molecule has 1 aliphatic carbocycles. The molecule has 0 unspecified atom stereocenters. The standard InChI is InChI=1S/C9H17F2N3/c1-14(5-7(10)11)6-9(2-3-9)4-8(12)13/h7H,2-6H2,1H3,(H3,12,13). The van der Waals surface area contributed by atoms with Crippen LogP contribution in [0.15, 0.2) is 0 Å². The molecule has 0 aliphatic heterocycles. The van der Waals surface area contributed by atoms with E-state index in [1.165, 1.54) is 0 Å². The van der Waals surface area contributed by atoms with E-state index in [2.05, 4.69) is 0 Å². The first kappa shape index (κ1) is 11.4. The molecule has 1 aliphatic rings. The minimum atomic E-state index is -2.28. The van der Waals surface area contributed by atoms with Gasteiger partial charge in [0.05, 0.1) is 12.4 Å². The van der Waals surface area contributed by atoms with Crippen molar-refractivity contribution in [2.45, 2.75) is 25.7 Å². The van der Waals surface area contributed by atoms with Gasteiger partial charge >= 0.3 is 0 Å². The SMILES string of the molecule is CN(CC(F)F)CC1(CC(=N)N)CC1. The van der Waals surface area contributed by atoms with Gasteiger partial charge in [-0.1, -0.05) is 0 Å². The Hall–Kier alpha value is -0.710. The minimum absolute atomic E-state index is 0.0233. The van der Waals surface area contributed by atoms with Crippen LogP contribution in [0.2, 0.25) is 0 Å². The number of nitrogens with one attached hydrogen (secondary N) is 1. The van der Waals surface area contributed by atoms with Crippen LogP contribution >= 0.6 is 0 Å². The van der Waals surface area contributed by atoms with Crippen LogP contribution in [0.5, 0.6) is 0 Å². The summed E-state index contributed by atoms with van der Waals surface area (Å²) in [6.07, 6.45) is 0.258. The Labute approximate surface area is 82.8 Å². The van der Waals surface area contributed by atoms with Crippen LogP contribution in [0.25, 0.3) is 0 Å². The monoisotopic (exact) mass is 205 g/mol. The maximum absolute atomic E-state index is 12.0. The lowest BCUT2D eigenvalue weighted by atomic mass is 10.0. The van der Waals surface area contributed by atoms with Crippen molar-refractivity contribution in [3.63, 3.8) is 0 Å². The third kappa shape index (κ3) is 3.57. The highest BCUT2D eigenvalue weighted by molar-refractivity contribution is 5.78. The molecule has 5 heteroatoms. The number of nitrogens with two attached hydrogens (primary N) is 1. The Morgan fingerprint density at radius 2 is 2.14 bits per heavy atom. The van der Waals surface area contributed by atoms with Gasteiger partial charge in [0.15, 0.2) is 0 Å². The van der Waals surface area contributed by atoms with Gasteiger partial charge in [-0.3, -0.25) is 5.41 Å². The van der Waals surface area contributed by atoms with E-state index in [1.54, 1.807) is 11.9 Å². The lowest BCUT2D eigenvalue weighted by Gasteiger charge is -2.22. The number of alkyl halides is 2. The number of amidine groups is 1.